The number of rotatable bonds is 8. The monoisotopic (exact) mass is 435 g/mol. The summed E-state index contributed by atoms with van der Waals surface area (Å²) in [5.74, 6) is 0.222. The van der Waals surface area contributed by atoms with Crippen LogP contribution >= 0.6 is 0 Å². The standard InChI is InChI=1S/C27H37N3O2/c1-26(2,3)22-13-11-20(12-14-22)24(31)29-23-8-6-7-19(15-23)16-30(18-27(4,5)17-28)25(32)21-9-10-21/h6-8,11-15,21H,9-10,16-18,28H2,1-5H3,(H,29,31). The Labute approximate surface area is 192 Å². The van der Waals surface area contributed by atoms with E-state index >= 15 is 0 Å². The van der Waals surface area contributed by atoms with Crippen LogP contribution in [-0.2, 0) is 16.8 Å². The van der Waals surface area contributed by atoms with Crippen LogP contribution < -0.4 is 11.1 Å². The third-order valence-electron chi connectivity index (χ3n) is 5.98. The van der Waals surface area contributed by atoms with E-state index in [1.54, 1.807) is 0 Å². The summed E-state index contributed by atoms with van der Waals surface area (Å²) in [7, 11) is 0. The SMILES string of the molecule is CC(C)(CN)CN(Cc1cccc(NC(=O)c2ccc(C(C)(C)C)cc2)c1)C(=O)C1CC1. The number of nitrogens with one attached hydrogen (secondary N) is 1. The second kappa shape index (κ2) is 9.45. The Kier molecular flexibility index (Phi) is 7.09. The van der Waals surface area contributed by atoms with E-state index in [0.29, 0.717) is 25.2 Å². The lowest BCUT2D eigenvalue weighted by molar-refractivity contribution is -0.134. The molecule has 0 bridgehead atoms. The van der Waals surface area contributed by atoms with E-state index in [0.717, 1.165) is 24.1 Å². The van der Waals surface area contributed by atoms with Crippen molar-refractivity contribution in [2.45, 2.75) is 59.4 Å². The fourth-order valence-electron chi connectivity index (χ4n) is 3.67. The van der Waals surface area contributed by atoms with Crippen LogP contribution in [0.15, 0.2) is 48.5 Å². The molecule has 1 aliphatic carbocycles. The fourth-order valence-corrected chi connectivity index (χ4v) is 3.67. The summed E-state index contributed by atoms with van der Waals surface area (Å²) in [6.07, 6.45) is 1.95. The number of nitrogens with zero attached hydrogens (tertiary/aromatic N) is 1. The van der Waals surface area contributed by atoms with Crippen LogP contribution in [0.4, 0.5) is 5.69 Å². The van der Waals surface area contributed by atoms with Gasteiger partial charge in [0.15, 0.2) is 0 Å². The molecule has 0 aliphatic heterocycles. The average molecular weight is 436 g/mol. The molecule has 5 heteroatoms. The smallest absolute Gasteiger partial charge is 0.255 e. The number of hydrogen-bond donors (Lipinski definition) is 2. The Balaban J connectivity index is 1.71. The Hall–Kier alpha value is -2.66. The summed E-state index contributed by atoms with van der Waals surface area (Å²) in [6, 6.07) is 15.5. The molecule has 32 heavy (non-hydrogen) atoms. The second-order valence-corrected chi connectivity index (χ2v) is 10.8. The molecule has 0 saturated heterocycles. The first-order valence-electron chi connectivity index (χ1n) is 11.5. The molecular formula is C27H37N3O2. The number of hydrogen-bond acceptors (Lipinski definition) is 3. The van der Waals surface area contributed by atoms with E-state index in [1.165, 1.54) is 5.56 Å². The van der Waals surface area contributed by atoms with Crippen LogP contribution in [0, 0.1) is 11.3 Å². The lowest BCUT2D eigenvalue weighted by Crippen LogP contribution is -2.42. The Morgan fingerprint density at radius 2 is 1.69 bits per heavy atom. The first-order valence-corrected chi connectivity index (χ1v) is 11.5. The second-order valence-electron chi connectivity index (χ2n) is 10.8. The van der Waals surface area contributed by atoms with Gasteiger partial charge in [0.1, 0.15) is 0 Å². The summed E-state index contributed by atoms with van der Waals surface area (Å²) < 4.78 is 0. The maximum atomic E-state index is 12.9. The largest absolute Gasteiger partial charge is 0.338 e. The van der Waals surface area contributed by atoms with Gasteiger partial charge in [-0.2, -0.15) is 0 Å². The number of amides is 2. The predicted molar refractivity (Wildman–Crippen MR) is 131 cm³/mol. The summed E-state index contributed by atoms with van der Waals surface area (Å²) in [5.41, 5.74) is 9.36. The van der Waals surface area contributed by atoms with Gasteiger partial charge in [0, 0.05) is 30.3 Å². The number of nitrogens with two attached hydrogens (primary N) is 1. The van der Waals surface area contributed by atoms with Crippen molar-refractivity contribution >= 4 is 17.5 Å². The Bertz CT molecular complexity index is 954. The van der Waals surface area contributed by atoms with Crippen LogP contribution in [0.5, 0.6) is 0 Å². The third kappa shape index (κ3) is 6.42. The van der Waals surface area contributed by atoms with Gasteiger partial charge in [0.2, 0.25) is 5.91 Å². The number of benzene rings is 2. The van der Waals surface area contributed by atoms with E-state index in [4.69, 9.17) is 5.73 Å². The summed E-state index contributed by atoms with van der Waals surface area (Å²) in [6.45, 7) is 12.3. The number of carbonyl (C=O) groups is 2. The van der Waals surface area contributed by atoms with Gasteiger partial charge in [-0.25, -0.2) is 0 Å². The minimum absolute atomic E-state index is 0.0472. The average Bonchev–Trinajstić information content (AvgIpc) is 3.58. The van der Waals surface area contributed by atoms with E-state index in [-0.39, 0.29) is 28.6 Å². The molecule has 0 spiro atoms. The zero-order chi connectivity index (χ0) is 23.5. The lowest BCUT2D eigenvalue weighted by Gasteiger charge is -2.32. The highest BCUT2D eigenvalue weighted by molar-refractivity contribution is 6.04. The van der Waals surface area contributed by atoms with Crippen molar-refractivity contribution in [2.75, 3.05) is 18.4 Å². The molecule has 3 N–H and O–H groups in total. The van der Waals surface area contributed by atoms with E-state index in [9.17, 15) is 9.59 Å². The summed E-state index contributed by atoms with van der Waals surface area (Å²) >= 11 is 0. The van der Waals surface area contributed by atoms with Crippen molar-refractivity contribution in [2.24, 2.45) is 17.1 Å². The maximum absolute atomic E-state index is 12.9. The zero-order valence-electron chi connectivity index (χ0n) is 20.1. The Morgan fingerprint density at radius 3 is 2.25 bits per heavy atom. The highest BCUT2D eigenvalue weighted by Crippen LogP contribution is 2.33. The molecule has 2 amide bonds. The Morgan fingerprint density at radius 1 is 1.03 bits per heavy atom. The predicted octanol–water partition coefficient (Wildman–Crippen LogP) is 4.96. The van der Waals surface area contributed by atoms with Gasteiger partial charge in [0.25, 0.3) is 5.91 Å². The van der Waals surface area contributed by atoms with E-state index in [1.807, 2.05) is 53.4 Å². The molecule has 1 fully saturated rings. The lowest BCUT2D eigenvalue weighted by atomic mass is 9.87. The topological polar surface area (TPSA) is 75.4 Å². The quantitative estimate of drug-likeness (QED) is 0.615. The molecule has 2 aromatic rings. The third-order valence-corrected chi connectivity index (χ3v) is 5.98. The molecule has 5 nitrogen and oxygen atoms in total. The van der Waals surface area contributed by atoms with Crippen LogP contribution in [0.25, 0.3) is 0 Å². The van der Waals surface area contributed by atoms with Crippen LogP contribution in [-0.4, -0.2) is 29.8 Å². The van der Waals surface area contributed by atoms with Gasteiger partial charge in [-0.1, -0.05) is 58.9 Å². The molecule has 2 aromatic carbocycles. The van der Waals surface area contributed by atoms with Crippen molar-refractivity contribution in [3.8, 4) is 0 Å². The maximum Gasteiger partial charge on any atom is 0.255 e. The molecule has 0 aromatic heterocycles. The van der Waals surface area contributed by atoms with Crippen molar-refractivity contribution in [3.63, 3.8) is 0 Å². The van der Waals surface area contributed by atoms with Gasteiger partial charge >= 0.3 is 0 Å². The highest BCUT2D eigenvalue weighted by atomic mass is 16.2. The fraction of sp³-hybridized carbons (Fsp3) is 0.481. The molecule has 3 rings (SSSR count). The van der Waals surface area contributed by atoms with Crippen molar-refractivity contribution in [3.05, 3.63) is 65.2 Å². The normalized spacial score (nSPS) is 14.2. The van der Waals surface area contributed by atoms with Crippen molar-refractivity contribution in [1.82, 2.24) is 4.90 Å². The van der Waals surface area contributed by atoms with Crippen molar-refractivity contribution < 1.29 is 9.59 Å². The minimum Gasteiger partial charge on any atom is -0.338 e. The van der Waals surface area contributed by atoms with Gasteiger partial charge < -0.3 is 16.0 Å². The van der Waals surface area contributed by atoms with Crippen molar-refractivity contribution in [1.29, 1.82) is 0 Å². The van der Waals surface area contributed by atoms with Crippen LogP contribution in [0.1, 0.15) is 68.9 Å². The van der Waals surface area contributed by atoms with Gasteiger partial charge in [-0.15, -0.1) is 0 Å². The highest BCUT2D eigenvalue weighted by Gasteiger charge is 2.35. The molecule has 0 heterocycles. The number of anilines is 1. The molecular weight excluding hydrogens is 398 g/mol. The molecule has 172 valence electrons. The van der Waals surface area contributed by atoms with E-state index < -0.39 is 0 Å². The molecule has 0 radical (unpaired) electrons. The van der Waals surface area contributed by atoms with Gasteiger partial charge in [-0.3, -0.25) is 9.59 Å². The molecule has 1 aliphatic rings. The summed E-state index contributed by atoms with van der Waals surface area (Å²) in [5, 5.41) is 2.99. The molecule has 0 atom stereocenters. The molecule has 1 saturated carbocycles. The summed E-state index contributed by atoms with van der Waals surface area (Å²) in [4.78, 5) is 27.5. The number of carbonyl (C=O) groups excluding carboxylic acids is 2. The first-order chi connectivity index (χ1) is 15.0. The first kappa shape index (κ1) is 24.0. The van der Waals surface area contributed by atoms with E-state index in [2.05, 4.69) is 39.9 Å². The zero-order valence-corrected chi connectivity index (χ0v) is 20.1. The molecule has 0 unspecified atom stereocenters. The minimum atomic E-state index is -0.143. The van der Waals surface area contributed by atoms with Gasteiger partial charge in [0.05, 0.1) is 0 Å². The van der Waals surface area contributed by atoms with Crippen LogP contribution in [0.3, 0.4) is 0 Å². The van der Waals surface area contributed by atoms with Crippen LogP contribution in [0.2, 0.25) is 0 Å². The van der Waals surface area contributed by atoms with Gasteiger partial charge in [-0.05, 0) is 65.6 Å².